The molecule has 0 atom stereocenters. The van der Waals surface area contributed by atoms with Crippen LogP contribution >= 0.6 is 0 Å². The molecule has 1 fully saturated rings. The van der Waals surface area contributed by atoms with Crippen LogP contribution in [0.2, 0.25) is 0 Å². The number of nitrogens with two attached hydrogens (primary N) is 1. The Kier molecular flexibility index (Phi) is 3.33. The molecule has 1 aromatic heterocycles. The van der Waals surface area contributed by atoms with Gasteiger partial charge >= 0.3 is 0 Å². The van der Waals surface area contributed by atoms with E-state index in [0.29, 0.717) is 6.04 Å². The zero-order valence-electron chi connectivity index (χ0n) is 11.0. The van der Waals surface area contributed by atoms with Crippen molar-refractivity contribution in [3.63, 3.8) is 0 Å². The monoisotopic (exact) mass is 234 g/mol. The van der Waals surface area contributed by atoms with Crippen molar-refractivity contribution in [2.45, 2.75) is 45.1 Å². The molecule has 2 N–H and O–H groups in total. The fraction of sp³-hybridized carbons (Fsp3) is 0.692. The molecule has 0 bridgehead atoms. The summed E-state index contributed by atoms with van der Waals surface area (Å²) in [6.45, 7) is 8.43. The van der Waals surface area contributed by atoms with Gasteiger partial charge in [-0.1, -0.05) is 20.8 Å². The van der Waals surface area contributed by atoms with Gasteiger partial charge in [0.15, 0.2) is 0 Å². The Morgan fingerprint density at radius 1 is 1.18 bits per heavy atom. The van der Waals surface area contributed by atoms with Crippen LogP contribution in [0.3, 0.4) is 0 Å². The molecule has 2 rings (SSSR count). The Balaban J connectivity index is 2.08. The van der Waals surface area contributed by atoms with E-state index in [1.54, 1.807) is 0 Å². The number of hydrogen-bond donors (Lipinski definition) is 1. The third-order valence-electron chi connectivity index (χ3n) is 3.27. The molecule has 0 aromatic carbocycles. The van der Waals surface area contributed by atoms with Crippen LogP contribution in [0, 0.1) is 0 Å². The van der Waals surface area contributed by atoms with Crippen molar-refractivity contribution < 1.29 is 0 Å². The van der Waals surface area contributed by atoms with Gasteiger partial charge in [-0.15, -0.1) is 0 Å². The summed E-state index contributed by atoms with van der Waals surface area (Å²) in [6, 6.07) is 0.355. The zero-order valence-corrected chi connectivity index (χ0v) is 11.0. The van der Waals surface area contributed by atoms with Crippen LogP contribution in [0.4, 0.5) is 5.82 Å². The zero-order chi connectivity index (χ0) is 12.5. The van der Waals surface area contributed by atoms with Gasteiger partial charge < -0.3 is 10.6 Å². The van der Waals surface area contributed by atoms with Gasteiger partial charge in [0, 0.05) is 24.5 Å². The second kappa shape index (κ2) is 4.61. The minimum absolute atomic E-state index is 0.0653. The minimum atomic E-state index is 0.0653. The highest BCUT2D eigenvalue weighted by molar-refractivity contribution is 5.37. The van der Waals surface area contributed by atoms with Crippen molar-refractivity contribution in [3.05, 3.63) is 18.1 Å². The van der Waals surface area contributed by atoms with E-state index in [4.69, 9.17) is 5.73 Å². The van der Waals surface area contributed by atoms with E-state index in [1.807, 2.05) is 12.4 Å². The van der Waals surface area contributed by atoms with Gasteiger partial charge in [-0.05, 0) is 12.8 Å². The number of anilines is 1. The molecule has 0 spiro atoms. The molecule has 0 amide bonds. The highest BCUT2D eigenvalue weighted by Crippen LogP contribution is 2.21. The lowest BCUT2D eigenvalue weighted by atomic mass is 9.93. The third kappa shape index (κ3) is 2.94. The van der Waals surface area contributed by atoms with E-state index < -0.39 is 0 Å². The van der Waals surface area contributed by atoms with Gasteiger partial charge in [0.2, 0.25) is 0 Å². The molecule has 4 heteroatoms. The maximum atomic E-state index is 5.89. The second-order valence-corrected chi connectivity index (χ2v) is 5.83. The summed E-state index contributed by atoms with van der Waals surface area (Å²) in [5.74, 6) is 0.977. The van der Waals surface area contributed by atoms with E-state index in [0.717, 1.165) is 37.4 Å². The van der Waals surface area contributed by atoms with Crippen molar-refractivity contribution in [2.24, 2.45) is 5.73 Å². The van der Waals surface area contributed by atoms with Crippen LogP contribution < -0.4 is 10.6 Å². The molecule has 2 heterocycles. The lowest BCUT2D eigenvalue weighted by Gasteiger charge is -2.31. The Morgan fingerprint density at radius 3 is 2.29 bits per heavy atom. The number of aromatic nitrogens is 2. The van der Waals surface area contributed by atoms with Gasteiger partial charge in [0.25, 0.3) is 0 Å². The van der Waals surface area contributed by atoms with E-state index in [9.17, 15) is 0 Å². The van der Waals surface area contributed by atoms with Crippen molar-refractivity contribution in [1.29, 1.82) is 0 Å². The predicted molar refractivity (Wildman–Crippen MR) is 70.2 cm³/mol. The number of hydrogen-bond acceptors (Lipinski definition) is 4. The van der Waals surface area contributed by atoms with E-state index in [2.05, 4.69) is 35.6 Å². The smallest absolute Gasteiger partial charge is 0.147 e. The lowest BCUT2D eigenvalue weighted by molar-refractivity contribution is 0.497. The molecular formula is C13H22N4. The average molecular weight is 234 g/mol. The molecule has 94 valence electrons. The summed E-state index contributed by atoms with van der Waals surface area (Å²) in [6.07, 6.45) is 5.87. The van der Waals surface area contributed by atoms with Crippen molar-refractivity contribution in [1.82, 2.24) is 9.97 Å². The van der Waals surface area contributed by atoms with Crippen LogP contribution in [0.25, 0.3) is 0 Å². The molecule has 1 aliphatic rings. The standard InChI is InChI=1S/C13H22N4/c1-13(2,3)11-8-16-12(9-15-11)17-6-4-10(14)5-7-17/h8-10H,4-7,14H2,1-3H3. The van der Waals surface area contributed by atoms with Gasteiger partial charge in [-0.25, -0.2) is 4.98 Å². The Bertz CT molecular complexity index is 358. The van der Waals surface area contributed by atoms with E-state index in [-0.39, 0.29) is 5.41 Å². The topological polar surface area (TPSA) is 55.0 Å². The third-order valence-corrected chi connectivity index (χ3v) is 3.27. The summed E-state index contributed by atoms with van der Waals surface area (Å²) < 4.78 is 0. The van der Waals surface area contributed by atoms with Gasteiger partial charge in [-0.3, -0.25) is 4.98 Å². The van der Waals surface area contributed by atoms with Gasteiger partial charge in [0.1, 0.15) is 5.82 Å². The van der Waals surface area contributed by atoms with E-state index in [1.165, 1.54) is 0 Å². The Hall–Kier alpha value is -1.16. The maximum absolute atomic E-state index is 5.89. The fourth-order valence-electron chi connectivity index (χ4n) is 2.00. The Labute approximate surface area is 103 Å². The van der Waals surface area contributed by atoms with Crippen LogP contribution in [-0.4, -0.2) is 29.1 Å². The molecule has 4 nitrogen and oxygen atoms in total. The van der Waals surface area contributed by atoms with Crippen LogP contribution in [-0.2, 0) is 5.41 Å². The summed E-state index contributed by atoms with van der Waals surface area (Å²) in [4.78, 5) is 11.3. The lowest BCUT2D eigenvalue weighted by Crippen LogP contribution is -2.40. The first-order valence-electron chi connectivity index (χ1n) is 6.30. The van der Waals surface area contributed by atoms with Crippen LogP contribution in [0.5, 0.6) is 0 Å². The largest absolute Gasteiger partial charge is 0.355 e. The minimum Gasteiger partial charge on any atom is -0.355 e. The first-order chi connectivity index (χ1) is 7.97. The second-order valence-electron chi connectivity index (χ2n) is 5.83. The Morgan fingerprint density at radius 2 is 1.82 bits per heavy atom. The van der Waals surface area contributed by atoms with Crippen LogP contribution in [0.1, 0.15) is 39.3 Å². The number of nitrogens with zero attached hydrogens (tertiary/aromatic N) is 3. The number of rotatable bonds is 1. The SMILES string of the molecule is CC(C)(C)c1cnc(N2CCC(N)CC2)cn1. The average Bonchev–Trinajstić information content (AvgIpc) is 2.29. The quantitative estimate of drug-likeness (QED) is 0.803. The van der Waals surface area contributed by atoms with Crippen molar-refractivity contribution >= 4 is 5.82 Å². The van der Waals surface area contributed by atoms with E-state index >= 15 is 0 Å². The molecule has 1 aliphatic heterocycles. The highest BCUT2D eigenvalue weighted by atomic mass is 15.2. The molecule has 1 saturated heterocycles. The predicted octanol–water partition coefficient (Wildman–Crippen LogP) is 1.70. The summed E-state index contributed by atoms with van der Waals surface area (Å²) in [7, 11) is 0. The highest BCUT2D eigenvalue weighted by Gasteiger charge is 2.19. The summed E-state index contributed by atoms with van der Waals surface area (Å²) in [5, 5.41) is 0. The first-order valence-corrected chi connectivity index (χ1v) is 6.30. The van der Waals surface area contributed by atoms with Crippen molar-refractivity contribution in [2.75, 3.05) is 18.0 Å². The van der Waals surface area contributed by atoms with Gasteiger partial charge in [-0.2, -0.15) is 0 Å². The summed E-state index contributed by atoms with van der Waals surface area (Å²) >= 11 is 0. The van der Waals surface area contributed by atoms with Gasteiger partial charge in [0.05, 0.1) is 18.1 Å². The number of piperidine rings is 1. The molecule has 17 heavy (non-hydrogen) atoms. The van der Waals surface area contributed by atoms with Crippen molar-refractivity contribution in [3.8, 4) is 0 Å². The first kappa shape index (κ1) is 12.3. The molecule has 0 unspecified atom stereocenters. The summed E-state index contributed by atoms with van der Waals surface area (Å²) in [5.41, 5.74) is 7.00. The fourth-order valence-corrected chi connectivity index (χ4v) is 2.00. The normalized spacial score (nSPS) is 18.5. The molecular weight excluding hydrogens is 212 g/mol. The molecule has 0 radical (unpaired) electrons. The molecule has 1 aromatic rings. The molecule has 0 saturated carbocycles. The molecule has 0 aliphatic carbocycles. The maximum Gasteiger partial charge on any atom is 0.147 e. The van der Waals surface area contributed by atoms with Crippen LogP contribution in [0.15, 0.2) is 12.4 Å².